The fourth-order valence-corrected chi connectivity index (χ4v) is 2.61. The second kappa shape index (κ2) is 4.70. The number of carbonyl (C=O) groups excluding carboxylic acids is 2. The molecular formula is C12H16O6. The smallest absolute Gasteiger partial charge is 0.321 e. The molecule has 6 heteroatoms. The summed E-state index contributed by atoms with van der Waals surface area (Å²) >= 11 is 0. The summed E-state index contributed by atoms with van der Waals surface area (Å²) in [6.45, 7) is 0. The number of carbonyl (C=O) groups is 2. The third kappa shape index (κ3) is 1.81. The molecule has 0 spiro atoms. The first-order valence-electron chi connectivity index (χ1n) is 5.66. The zero-order valence-electron chi connectivity index (χ0n) is 10.5. The van der Waals surface area contributed by atoms with Crippen LogP contribution in [0.3, 0.4) is 0 Å². The number of fused-ring (bicyclic) bond motifs is 2. The van der Waals surface area contributed by atoms with Crippen molar-refractivity contribution in [2.24, 2.45) is 11.8 Å². The highest BCUT2D eigenvalue weighted by Crippen LogP contribution is 2.42. The third-order valence-corrected chi connectivity index (χ3v) is 3.56. The van der Waals surface area contributed by atoms with Gasteiger partial charge in [0.1, 0.15) is 6.10 Å². The SMILES string of the molecule is COC(=O)C1C(=O)O[C@@H]2C=CC(OC)(OC)[C@H]1C2. The van der Waals surface area contributed by atoms with Crippen LogP contribution in [-0.2, 0) is 28.5 Å². The summed E-state index contributed by atoms with van der Waals surface area (Å²) in [6, 6.07) is 0. The van der Waals surface area contributed by atoms with Crippen molar-refractivity contribution >= 4 is 11.9 Å². The maximum Gasteiger partial charge on any atom is 0.321 e. The topological polar surface area (TPSA) is 71.1 Å². The molecule has 1 heterocycles. The largest absolute Gasteiger partial charge is 0.468 e. The molecule has 0 aromatic heterocycles. The van der Waals surface area contributed by atoms with Crippen LogP contribution < -0.4 is 0 Å². The quantitative estimate of drug-likeness (QED) is 0.312. The van der Waals surface area contributed by atoms with E-state index in [0.717, 1.165) is 0 Å². The Morgan fingerprint density at radius 1 is 1.39 bits per heavy atom. The van der Waals surface area contributed by atoms with Gasteiger partial charge in [0.05, 0.1) is 7.11 Å². The minimum absolute atomic E-state index is 0.332. The molecule has 1 saturated heterocycles. The highest BCUT2D eigenvalue weighted by molar-refractivity contribution is 5.96. The monoisotopic (exact) mass is 256 g/mol. The van der Waals surface area contributed by atoms with E-state index in [-0.39, 0.29) is 6.10 Å². The lowest BCUT2D eigenvalue weighted by Gasteiger charge is -2.45. The van der Waals surface area contributed by atoms with Gasteiger partial charge >= 0.3 is 11.9 Å². The van der Waals surface area contributed by atoms with E-state index in [4.69, 9.17) is 14.2 Å². The minimum Gasteiger partial charge on any atom is -0.468 e. The lowest BCUT2D eigenvalue weighted by atomic mass is 9.75. The summed E-state index contributed by atoms with van der Waals surface area (Å²) in [5, 5.41) is 0. The first kappa shape index (κ1) is 13.0. The molecule has 1 aliphatic heterocycles. The number of hydrogen-bond acceptors (Lipinski definition) is 6. The van der Waals surface area contributed by atoms with Crippen LogP contribution in [0.15, 0.2) is 12.2 Å². The number of rotatable bonds is 3. The van der Waals surface area contributed by atoms with Crippen molar-refractivity contribution in [3.05, 3.63) is 12.2 Å². The van der Waals surface area contributed by atoms with Crippen molar-refractivity contribution in [2.75, 3.05) is 21.3 Å². The summed E-state index contributed by atoms with van der Waals surface area (Å²) in [6.07, 6.45) is 3.55. The predicted molar refractivity (Wildman–Crippen MR) is 59.4 cm³/mol. The Bertz CT molecular complexity index is 384. The van der Waals surface area contributed by atoms with Crippen LogP contribution in [-0.4, -0.2) is 45.2 Å². The second-order valence-electron chi connectivity index (χ2n) is 4.31. The van der Waals surface area contributed by atoms with E-state index in [0.29, 0.717) is 6.42 Å². The van der Waals surface area contributed by atoms with Crippen molar-refractivity contribution in [3.63, 3.8) is 0 Å². The maximum atomic E-state index is 11.9. The van der Waals surface area contributed by atoms with Gasteiger partial charge in [0.25, 0.3) is 0 Å². The van der Waals surface area contributed by atoms with Crippen LogP contribution in [0, 0.1) is 11.8 Å². The molecule has 0 amide bonds. The van der Waals surface area contributed by atoms with Gasteiger partial charge in [0.15, 0.2) is 11.7 Å². The molecule has 2 bridgehead atoms. The second-order valence-corrected chi connectivity index (χ2v) is 4.31. The van der Waals surface area contributed by atoms with Gasteiger partial charge in [-0.05, 0) is 18.6 Å². The summed E-state index contributed by atoms with van der Waals surface area (Å²) in [4.78, 5) is 23.6. The van der Waals surface area contributed by atoms with Crippen molar-refractivity contribution in [1.29, 1.82) is 0 Å². The van der Waals surface area contributed by atoms with Crippen LogP contribution in [0.2, 0.25) is 0 Å². The van der Waals surface area contributed by atoms with Crippen LogP contribution in [0.5, 0.6) is 0 Å². The lowest BCUT2D eigenvalue weighted by Crippen LogP contribution is -2.55. The Morgan fingerprint density at radius 2 is 2.06 bits per heavy atom. The Morgan fingerprint density at radius 3 is 2.61 bits per heavy atom. The van der Waals surface area contributed by atoms with E-state index < -0.39 is 29.6 Å². The molecule has 6 nitrogen and oxygen atoms in total. The zero-order chi connectivity index (χ0) is 13.3. The fourth-order valence-electron chi connectivity index (χ4n) is 2.61. The fraction of sp³-hybridized carbons (Fsp3) is 0.667. The molecule has 1 unspecified atom stereocenters. The average molecular weight is 256 g/mol. The van der Waals surface area contributed by atoms with E-state index in [9.17, 15) is 9.59 Å². The molecule has 0 N–H and O–H groups in total. The molecule has 2 aliphatic rings. The van der Waals surface area contributed by atoms with Gasteiger partial charge in [0.2, 0.25) is 0 Å². The minimum atomic E-state index is -1.09. The summed E-state index contributed by atoms with van der Waals surface area (Å²) < 4.78 is 20.5. The standard InChI is InChI=1S/C12H16O6/c1-15-10(13)9-8-6-7(18-11(9)14)4-5-12(8,16-2)17-3/h4-5,7-9H,6H2,1-3H3/t7-,8+,9?/m1/s1. The van der Waals surface area contributed by atoms with Crippen molar-refractivity contribution in [3.8, 4) is 0 Å². The van der Waals surface area contributed by atoms with Crippen molar-refractivity contribution in [1.82, 2.24) is 0 Å². The van der Waals surface area contributed by atoms with Crippen LogP contribution in [0.1, 0.15) is 6.42 Å². The Labute approximate surface area is 105 Å². The molecule has 3 atom stereocenters. The number of esters is 2. The zero-order valence-corrected chi connectivity index (χ0v) is 10.5. The maximum absolute atomic E-state index is 11.9. The number of methoxy groups -OCH3 is 3. The van der Waals surface area contributed by atoms with E-state index >= 15 is 0 Å². The normalized spacial score (nSPS) is 32.8. The van der Waals surface area contributed by atoms with Gasteiger partial charge in [0, 0.05) is 20.1 Å². The summed E-state index contributed by atoms with van der Waals surface area (Å²) in [5.74, 6) is -3.77. The van der Waals surface area contributed by atoms with E-state index in [1.54, 1.807) is 12.2 Å². The van der Waals surface area contributed by atoms with Gasteiger partial charge in [-0.15, -0.1) is 0 Å². The van der Waals surface area contributed by atoms with Crippen LogP contribution in [0.4, 0.5) is 0 Å². The van der Waals surface area contributed by atoms with Gasteiger partial charge in [-0.25, -0.2) is 0 Å². The molecule has 1 aliphatic carbocycles. The number of ether oxygens (including phenoxy) is 4. The Balaban J connectivity index is 2.40. The van der Waals surface area contributed by atoms with Gasteiger partial charge in [-0.2, -0.15) is 0 Å². The molecular weight excluding hydrogens is 240 g/mol. The highest BCUT2D eigenvalue weighted by Gasteiger charge is 2.55. The Kier molecular flexibility index (Phi) is 3.41. The van der Waals surface area contributed by atoms with E-state index in [1.807, 2.05) is 0 Å². The molecule has 100 valence electrons. The van der Waals surface area contributed by atoms with E-state index in [2.05, 4.69) is 4.74 Å². The summed E-state index contributed by atoms with van der Waals surface area (Å²) in [5.41, 5.74) is 0. The van der Waals surface area contributed by atoms with Gasteiger partial charge < -0.3 is 18.9 Å². The first-order chi connectivity index (χ1) is 8.57. The van der Waals surface area contributed by atoms with Crippen molar-refractivity contribution < 1.29 is 28.5 Å². The summed E-state index contributed by atoms with van der Waals surface area (Å²) in [7, 11) is 4.19. The third-order valence-electron chi connectivity index (χ3n) is 3.56. The molecule has 0 saturated carbocycles. The molecule has 0 aromatic rings. The molecule has 0 aromatic carbocycles. The molecule has 1 fully saturated rings. The average Bonchev–Trinajstić information content (AvgIpc) is 2.39. The van der Waals surface area contributed by atoms with Crippen LogP contribution in [0.25, 0.3) is 0 Å². The van der Waals surface area contributed by atoms with E-state index in [1.165, 1.54) is 21.3 Å². The van der Waals surface area contributed by atoms with Gasteiger partial charge in [-0.1, -0.05) is 0 Å². The molecule has 2 rings (SSSR count). The van der Waals surface area contributed by atoms with Gasteiger partial charge in [-0.3, -0.25) is 9.59 Å². The highest BCUT2D eigenvalue weighted by atomic mass is 16.7. The predicted octanol–water partition coefficient (Wildman–Crippen LogP) is 0.266. The number of hydrogen-bond donors (Lipinski definition) is 0. The first-order valence-corrected chi connectivity index (χ1v) is 5.66. The van der Waals surface area contributed by atoms with Crippen LogP contribution >= 0.6 is 0 Å². The lowest BCUT2D eigenvalue weighted by molar-refractivity contribution is -0.241. The van der Waals surface area contributed by atoms with Crippen molar-refractivity contribution in [2.45, 2.75) is 18.3 Å². The molecule has 18 heavy (non-hydrogen) atoms. The molecule has 0 radical (unpaired) electrons. The Hall–Kier alpha value is -1.40.